The third-order valence-corrected chi connectivity index (χ3v) is 9.26. The van der Waals surface area contributed by atoms with Gasteiger partial charge in [0.2, 0.25) is 0 Å². The molecule has 0 N–H and O–H groups in total. The standard InChI is InChI=1S/C27H35N3.Au.ClH/c1-7-28(8-2)25-14-9-11-21-15-16-22-17-29(18-30(22)26(21)25)27-23(19(3)4)12-10-13-24(27)20(5)6;;/h9-16,19-20,22H,7-8,18H2,1-6H3;;1H/q;-1;/p-1. The number of fused-ring (bicyclic) bond motifs is 3. The Balaban J connectivity index is 1.88. The fourth-order valence-electron chi connectivity index (χ4n) is 5.03. The number of anilines is 3. The Kier molecular flexibility index (Phi) is 7.21. The molecule has 5 heteroatoms. The van der Waals surface area contributed by atoms with Gasteiger partial charge in [0.15, 0.2) is 0 Å². The Bertz CT molecular complexity index is 1010. The molecule has 2 aromatic carbocycles. The van der Waals surface area contributed by atoms with Crippen LogP contribution in [0.4, 0.5) is 17.1 Å². The Morgan fingerprint density at radius 2 is 1.59 bits per heavy atom. The summed E-state index contributed by atoms with van der Waals surface area (Å²) >= 11 is -0.459. The van der Waals surface area contributed by atoms with Crippen molar-refractivity contribution in [3.63, 3.8) is 0 Å². The summed E-state index contributed by atoms with van der Waals surface area (Å²) in [5.41, 5.74) is 8.20. The third kappa shape index (κ3) is 3.98. The van der Waals surface area contributed by atoms with Gasteiger partial charge >= 0.3 is 207 Å². The van der Waals surface area contributed by atoms with Gasteiger partial charge in [-0.2, -0.15) is 0 Å². The number of halogens is 1. The molecule has 2 aromatic rings. The molecule has 2 aliphatic rings. The molecule has 1 atom stereocenters. The van der Waals surface area contributed by atoms with Crippen molar-refractivity contribution >= 4 is 36.2 Å². The predicted octanol–water partition coefficient (Wildman–Crippen LogP) is 6.83. The molecule has 0 bridgehead atoms. The molecule has 0 saturated carbocycles. The molecule has 0 radical (unpaired) electrons. The second kappa shape index (κ2) is 9.77. The van der Waals surface area contributed by atoms with Gasteiger partial charge in [0, 0.05) is 0 Å². The molecule has 178 valence electrons. The van der Waals surface area contributed by atoms with E-state index < -0.39 is 18.2 Å². The average Bonchev–Trinajstić information content (AvgIpc) is 3.17. The molecule has 0 aromatic heterocycles. The number of rotatable bonds is 6. The summed E-state index contributed by atoms with van der Waals surface area (Å²) in [7, 11) is 6.77. The van der Waals surface area contributed by atoms with Crippen molar-refractivity contribution in [2.45, 2.75) is 59.4 Å². The Labute approximate surface area is 206 Å². The molecular weight excluding hydrogens is 599 g/mol. The molecule has 1 unspecified atom stereocenters. The van der Waals surface area contributed by atoms with E-state index in [0.717, 1.165) is 19.8 Å². The first-order valence-corrected chi connectivity index (χ1v) is 15.5. The molecule has 2 aliphatic heterocycles. The summed E-state index contributed by atoms with van der Waals surface area (Å²) < 4.78 is 1.37. The van der Waals surface area contributed by atoms with Crippen LogP contribution in [0.25, 0.3) is 6.08 Å². The van der Waals surface area contributed by atoms with Crippen LogP contribution in [0, 0.1) is 0 Å². The molecule has 0 amide bonds. The minimum atomic E-state index is -0.459. The number of hydrogen-bond acceptors (Lipinski definition) is 3. The molecule has 0 spiro atoms. The zero-order valence-corrected chi connectivity index (χ0v) is 22.9. The number of benzene rings is 2. The van der Waals surface area contributed by atoms with Crippen LogP contribution in [0.2, 0.25) is 0 Å². The second-order valence-corrected chi connectivity index (χ2v) is 11.6. The van der Waals surface area contributed by atoms with Crippen LogP contribution >= 0.6 is 9.19 Å². The van der Waals surface area contributed by atoms with Gasteiger partial charge in [0.1, 0.15) is 0 Å². The van der Waals surface area contributed by atoms with Gasteiger partial charge in [0.05, 0.1) is 0 Å². The van der Waals surface area contributed by atoms with Crippen molar-refractivity contribution in [1.82, 2.24) is 0 Å². The van der Waals surface area contributed by atoms with E-state index in [0.29, 0.717) is 11.8 Å². The minimum absolute atomic E-state index is 0.235. The van der Waals surface area contributed by atoms with Gasteiger partial charge in [0.25, 0.3) is 0 Å². The Morgan fingerprint density at radius 1 is 0.969 bits per heavy atom. The molecule has 3 nitrogen and oxygen atoms in total. The van der Waals surface area contributed by atoms with Crippen molar-refractivity contribution in [2.75, 3.05) is 34.5 Å². The van der Waals surface area contributed by atoms with Crippen LogP contribution in [-0.4, -0.2) is 29.6 Å². The average molecular weight is 634 g/mol. The SMILES string of the molecule is CCN(CC)c1cccc2c1N1CN(c3c(C(C)C)cccc3C(C)C)[C](=[Au-2][Cl])C1C=C2. The fourth-order valence-corrected chi connectivity index (χ4v) is 7.49. The number of hydrogen-bond donors (Lipinski definition) is 0. The number of nitrogens with zero attached hydrogens (tertiary/aromatic N) is 3. The summed E-state index contributed by atoms with van der Waals surface area (Å²) in [6.07, 6.45) is 4.66. The van der Waals surface area contributed by atoms with E-state index in [1.165, 1.54) is 37.6 Å². The van der Waals surface area contributed by atoms with Gasteiger partial charge in [-0.15, -0.1) is 0 Å². The topological polar surface area (TPSA) is 9.72 Å². The normalized spacial score (nSPS) is 19.2. The van der Waals surface area contributed by atoms with E-state index in [1.807, 2.05) is 0 Å². The summed E-state index contributed by atoms with van der Waals surface area (Å²) in [6.45, 7) is 16.5. The fraction of sp³-hybridized carbons (Fsp3) is 0.444. The summed E-state index contributed by atoms with van der Waals surface area (Å²) in [5.74, 6) is 0.923. The maximum atomic E-state index is 6.77. The summed E-state index contributed by atoms with van der Waals surface area (Å²) in [4.78, 5) is 7.61. The van der Waals surface area contributed by atoms with E-state index in [-0.39, 0.29) is 6.04 Å². The first-order valence-electron chi connectivity index (χ1n) is 11.7. The van der Waals surface area contributed by atoms with Crippen molar-refractivity contribution in [2.24, 2.45) is 0 Å². The zero-order chi connectivity index (χ0) is 23.0. The molecule has 2 heterocycles. The monoisotopic (exact) mass is 633 g/mol. The van der Waals surface area contributed by atoms with E-state index in [2.05, 4.69) is 105 Å². The van der Waals surface area contributed by atoms with E-state index >= 15 is 0 Å². The van der Waals surface area contributed by atoms with Crippen LogP contribution < -0.4 is 14.7 Å². The first kappa shape index (κ1) is 23.6. The van der Waals surface area contributed by atoms with E-state index in [1.54, 1.807) is 0 Å². The third-order valence-electron chi connectivity index (χ3n) is 6.65. The van der Waals surface area contributed by atoms with Crippen LogP contribution in [0.15, 0.2) is 42.5 Å². The maximum absolute atomic E-state index is 6.77. The molecule has 4 rings (SSSR count). The molecular formula is C27H35AuClN3-2. The van der Waals surface area contributed by atoms with Gasteiger partial charge in [-0.25, -0.2) is 0 Å². The second-order valence-electron chi connectivity index (χ2n) is 9.17. The van der Waals surface area contributed by atoms with Crippen molar-refractivity contribution in [3.8, 4) is 0 Å². The molecule has 1 saturated heterocycles. The van der Waals surface area contributed by atoms with E-state index in [9.17, 15) is 0 Å². The van der Waals surface area contributed by atoms with Crippen molar-refractivity contribution in [1.29, 1.82) is 0 Å². The molecule has 1 fully saturated rings. The Morgan fingerprint density at radius 3 is 2.16 bits per heavy atom. The van der Waals surface area contributed by atoms with E-state index in [4.69, 9.17) is 9.19 Å². The van der Waals surface area contributed by atoms with Gasteiger partial charge in [-0.05, 0) is 0 Å². The summed E-state index contributed by atoms with van der Waals surface area (Å²) in [6, 6.07) is 13.8. The van der Waals surface area contributed by atoms with Gasteiger partial charge in [-0.1, -0.05) is 0 Å². The van der Waals surface area contributed by atoms with Gasteiger partial charge in [-0.3, -0.25) is 0 Å². The molecule has 0 aliphatic carbocycles. The zero-order valence-electron chi connectivity index (χ0n) is 20.0. The van der Waals surface area contributed by atoms with Crippen LogP contribution in [-0.2, 0) is 18.2 Å². The predicted molar refractivity (Wildman–Crippen MR) is 138 cm³/mol. The van der Waals surface area contributed by atoms with Crippen LogP contribution in [0.1, 0.15) is 70.1 Å². The van der Waals surface area contributed by atoms with Crippen molar-refractivity contribution in [3.05, 3.63) is 59.2 Å². The van der Waals surface area contributed by atoms with Crippen molar-refractivity contribution < 1.29 is 18.2 Å². The first-order chi connectivity index (χ1) is 15.4. The Hall–Kier alpha value is -1.52. The number of para-hydroxylation sites is 2. The van der Waals surface area contributed by atoms with Crippen LogP contribution in [0.5, 0.6) is 0 Å². The van der Waals surface area contributed by atoms with Crippen LogP contribution in [0.3, 0.4) is 0 Å². The quantitative estimate of drug-likeness (QED) is 0.323. The molecule has 32 heavy (non-hydrogen) atoms. The summed E-state index contributed by atoms with van der Waals surface area (Å²) in [5, 5.41) is 0. The van der Waals surface area contributed by atoms with Gasteiger partial charge < -0.3 is 0 Å².